The molecule has 3 rings (SSSR count). The van der Waals surface area contributed by atoms with Gasteiger partial charge in [0, 0.05) is 5.54 Å². The van der Waals surface area contributed by atoms with Crippen molar-refractivity contribution in [1.29, 1.82) is 0 Å². The minimum absolute atomic E-state index is 0.281. The van der Waals surface area contributed by atoms with Crippen molar-refractivity contribution in [3.05, 3.63) is 0 Å². The van der Waals surface area contributed by atoms with Crippen LogP contribution in [-0.4, -0.2) is 5.54 Å². The van der Waals surface area contributed by atoms with Gasteiger partial charge in [0.25, 0.3) is 0 Å². The molecule has 3 aliphatic rings. The van der Waals surface area contributed by atoms with E-state index in [1.54, 1.807) is 0 Å². The first-order chi connectivity index (χ1) is 5.73. The lowest BCUT2D eigenvalue weighted by atomic mass is 9.72. The summed E-state index contributed by atoms with van der Waals surface area (Å²) in [5.41, 5.74) is 6.87. The molecule has 2 N–H and O–H groups in total. The van der Waals surface area contributed by atoms with Crippen LogP contribution in [-0.2, 0) is 0 Å². The second-order valence-corrected chi connectivity index (χ2v) is 5.35. The van der Waals surface area contributed by atoms with Crippen LogP contribution in [0.25, 0.3) is 0 Å². The van der Waals surface area contributed by atoms with Crippen LogP contribution in [0.1, 0.15) is 39.0 Å². The highest BCUT2D eigenvalue weighted by Crippen LogP contribution is 2.61. The van der Waals surface area contributed by atoms with Gasteiger partial charge in [-0.2, -0.15) is 0 Å². The van der Waals surface area contributed by atoms with Gasteiger partial charge in [0.1, 0.15) is 0 Å². The maximum Gasteiger partial charge on any atom is 0.0240 e. The molecule has 0 amide bonds. The normalized spacial score (nSPS) is 62.5. The molecule has 68 valence electrons. The van der Waals surface area contributed by atoms with Crippen molar-refractivity contribution < 1.29 is 0 Å². The van der Waals surface area contributed by atoms with Crippen molar-refractivity contribution >= 4 is 0 Å². The van der Waals surface area contributed by atoms with Crippen LogP contribution in [0.15, 0.2) is 0 Å². The van der Waals surface area contributed by atoms with Crippen LogP contribution >= 0.6 is 0 Å². The molecule has 5 atom stereocenters. The minimum atomic E-state index is 0.281. The van der Waals surface area contributed by atoms with Crippen molar-refractivity contribution in [3.8, 4) is 0 Å². The van der Waals surface area contributed by atoms with Crippen LogP contribution in [0.5, 0.6) is 0 Å². The van der Waals surface area contributed by atoms with Crippen molar-refractivity contribution in [1.82, 2.24) is 0 Å². The summed E-state index contributed by atoms with van der Waals surface area (Å²) in [6, 6.07) is 0. The van der Waals surface area contributed by atoms with Gasteiger partial charge in [-0.3, -0.25) is 0 Å². The molecule has 2 bridgehead atoms. The fourth-order valence-corrected chi connectivity index (χ4v) is 4.48. The summed E-state index contributed by atoms with van der Waals surface area (Å²) < 4.78 is 0. The summed E-state index contributed by atoms with van der Waals surface area (Å²) in [7, 11) is 0. The first-order valence-corrected chi connectivity index (χ1v) is 5.51. The van der Waals surface area contributed by atoms with Crippen LogP contribution in [0.4, 0.5) is 0 Å². The molecular formula is C11H19N. The fourth-order valence-electron chi connectivity index (χ4n) is 4.48. The third-order valence-corrected chi connectivity index (χ3v) is 5.16. The van der Waals surface area contributed by atoms with E-state index in [1.165, 1.54) is 32.1 Å². The topological polar surface area (TPSA) is 26.0 Å². The Morgan fingerprint density at radius 2 is 2.00 bits per heavy atom. The zero-order valence-electron chi connectivity index (χ0n) is 7.92. The van der Waals surface area contributed by atoms with Gasteiger partial charge in [-0.15, -0.1) is 0 Å². The zero-order chi connectivity index (χ0) is 8.34. The summed E-state index contributed by atoms with van der Waals surface area (Å²) in [6.07, 6.45) is 7.21. The van der Waals surface area contributed by atoms with Crippen LogP contribution in [0.2, 0.25) is 0 Å². The Kier molecular flexibility index (Phi) is 1.27. The summed E-state index contributed by atoms with van der Waals surface area (Å²) in [5, 5.41) is 0. The van der Waals surface area contributed by atoms with Gasteiger partial charge >= 0.3 is 0 Å². The molecule has 0 spiro atoms. The van der Waals surface area contributed by atoms with Gasteiger partial charge in [0.2, 0.25) is 0 Å². The Morgan fingerprint density at radius 3 is 2.75 bits per heavy atom. The first-order valence-electron chi connectivity index (χ1n) is 5.51. The van der Waals surface area contributed by atoms with Gasteiger partial charge in [-0.25, -0.2) is 0 Å². The Balaban J connectivity index is 2.01. The van der Waals surface area contributed by atoms with Crippen molar-refractivity contribution in [3.63, 3.8) is 0 Å². The molecule has 0 aromatic heterocycles. The van der Waals surface area contributed by atoms with E-state index in [9.17, 15) is 0 Å². The molecule has 1 heteroatoms. The van der Waals surface area contributed by atoms with Crippen LogP contribution in [0.3, 0.4) is 0 Å². The summed E-state index contributed by atoms with van der Waals surface area (Å²) in [6.45, 7) is 2.38. The molecule has 0 aromatic rings. The molecule has 5 unspecified atom stereocenters. The molecule has 0 saturated heterocycles. The van der Waals surface area contributed by atoms with E-state index in [2.05, 4.69) is 6.92 Å². The second kappa shape index (κ2) is 2.06. The number of nitrogens with two attached hydrogens (primary N) is 1. The highest BCUT2D eigenvalue weighted by Gasteiger charge is 2.60. The van der Waals surface area contributed by atoms with Crippen LogP contribution in [0, 0.1) is 23.7 Å². The van der Waals surface area contributed by atoms with E-state index >= 15 is 0 Å². The third-order valence-electron chi connectivity index (χ3n) is 5.16. The third kappa shape index (κ3) is 0.618. The Hall–Kier alpha value is -0.0400. The Bertz CT molecular complexity index is 213. The van der Waals surface area contributed by atoms with E-state index in [0.717, 1.165) is 23.7 Å². The van der Waals surface area contributed by atoms with Gasteiger partial charge < -0.3 is 5.73 Å². The van der Waals surface area contributed by atoms with Gasteiger partial charge in [-0.1, -0.05) is 6.92 Å². The average Bonchev–Trinajstić information content (AvgIpc) is 2.65. The maximum absolute atomic E-state index is 6.59. The van der Waals surface area contributed by atoms with Gasteiger partial charge in [0.05, 0.1) is 0 Å². The highest BCUT2D eigenvalue weighted by atomic mass is 14.9. The number of hydrogen-bond donors (Lipinski definition) is 1. The number of hydrogen-bond acceptors (Lipinski definition) is 1. The molecular weight excluding hydrogens is 146 g/mol. The standard InChI is InChI=1S/C11H19N/c1-7-2-5-10-8-3-4-9(6-8)11(7,10)12/h7-10H,2-6,12H2,1H3. The Morgan fingerprint density at radius 1 is 1.17 bits per heavy atom. The smallest absolute Gasteiger partial charge is 0.0240 e. The summed E-state index contributed by atoms with van der Waals surface area (Å²) >= 11 is 0. The number of rotatable bonds is 0. The second-order valence-electron chi connectivity index (χ2n) is 5.35. The predicted octanol–water partition coefficient (Wildman–Crippen LogP) is 2.16. The fraction of sp³-hybridized carbons (Fsp3) is 1.00. The van der Waals surface area contributed by atoms with Crippen molar-refractivity contribution in [2.45, 2.75) is 44.6 Å². The lowest BCUT2D eigenvalue weighted by Crippen LogP contribution is -2.52. The van der Waals surface area contributed by atoms with E-state index < -0.39 is 0 Å². The summed E-state index contributed by atoms with van der Waals surface area (Å²) in [4.78, 5) is 0. The zero-order valence-corrected chi connectivity index (χ0v) is 7.92. The van der Waals surface area contributed by atoms with Crippen molar-refractivity contribution in [2.24, 2.45) is 29.4 Å². The maximum atomic E-state index is 6.59. The quantitative estimate of drug-likeness (QED) is 0.585. The minimum Gasteiger partial charge on any atom is -0.324 e. The van der Waals surface area contributed by atoms with E-state index in [4.69, 9.17) is 5.73 Å². The molecule has 12 heavy (non-hydrogen) atoms. The monoisotopic (exact) mass is 165 g/mol. The van der Waals surface area contributed by atoms with Gasteiger partial charge in [0.15, 0.2) is 0 Å². The first kappa shape index (κ1) is 7.37. The molecule has 3 fully saturated rings. The summed E-state index contributed by atoms with van der Waals surface area (Å²) in [5.74, 6) is 3.62. The lowest BCUT2D eigenvalue weighted by Gasteiger charge is -2.39. The van der Waals surface area contributed by atoms with Crippen molar-refractivity contribution in [2.75, 3.05) is 0 Å². The molecule has 1 nitrogen and oxygen atoms in total. The molecule has 3 saturated carbocycles. The van der Waals surface area contributed by atoms with Crippen LogP contribution < -0.4 is 5.73 Å². The molecule has 0 aromatic carbocycles. The Labute approximate surface area is 74.7 Å². The molecule has 0 aliphatic heterocycles. The molecule has 3 aliphatic carbocycles. The number of fused-ring (bicyclic) bond motifs is 5. The predicted molar refractivity (Wildman–Crippen MR) is 49.6 cm³/mol. The van der Waals surface area contributed by atoms with E-state index in [-0.39, 0.29) is 5.54 Å². The lowest BCUT2D eigenvalue weighted by molar-refractivity contribution is 0.169. The largest absolute Gasteiger partial charge is 0.324 e. The molecule has 0 heterocycles. The van der Waals surface area contributed by atoms with Gasteiger partial charge in [-0.05, 0) is 55.8 Å². The molecule has 0 radical (unpaired) electrons. The van der Waals surface area contributed by atoms with E-state index in [1.807, 2.05) is 0 Å². The average molecular weight is 165 g/mol. The highest BCUT2D eigenvalue weighted by molar-refractivity contribution is 5.15. The SMILES string of the molecule is CC1CCC2C3CCC(C3)C12N. The van der Waals surface area contributed by atoms with E-state index in [0.29, 0.717) is 0 Å².